The van der Waals surface area contributed by atoms with E-state index in [-0.39, 0.29) is 6.54 Å². The number of aromatic nitrogens is 1. The van der Waals surface area contributed by atoms with Crippen LogP contribution >= 0.6 is 0 Å². The fourth-order valence-corrected chi connectivity index (χ4v) is 1.03. The van der Waals surface area contributed by atoms with Crippen LogP contribution in [0.3, 0.4) is 0 Å². The van der Waals surface area contributed by atoms with Crippen LogP contribution in [0.15, 0.2) is 18.3 Å². The van der Waals surface area contributed by atoms with Crippen molar-refractivity contribution < 1.29 is 9.90 Å². The maximum atomic E-state index is 10.6. The number of aromatic amines is 1. The zero-order valence-electron chi connectivity index (χ0n) is 6.66. The molecular formula is C8H12N2O2. The Balaban J connectivity index is 2.54. The van der Waals surface area contributed by atoms with E-state index in [4.69, 9.17) is 10.8 Å². The molecule has 1 aromatic heterocycles. The van der Waals surface area contributed by atoms with E-state index < -0.39 is 11.9 Å². The number of nitrogens with two attached hydrogens (primary N) is 1. The number of carbonyl (C=O) groups is 1. The van der Waals surface area contributed by atoms with Gasteiger partial charge < -0.3 is 15.8 Å². The molecule has 0 spiro atoms. The largest absolute Gasteiger partial charge is 0.481 e. The van der Waals surface area contributed by atoms with Crippen molar-refractivity contribution in [1.82, 2.24) is 4.98 Å². The average molecular weight is 168 g/mol. The van der Waals surface area contributed by atoms with Crippen molar-refractivity contribution in [2.75, 3.05) is 6.54 Å². The fourth-order valence-electron chi connectivity index (χ4n) is 1.03. The van der Waals surface area contributed by atoms with E-state index in [2.05, 4.69) is 4.98 Å². The summed E-state index contributed by atoms with van der Waals surface area (Å²) in [6, 6.07) is 3.69. The van der Waals surface area contributed by atoms with Crippen LogP contribution in [-0.2, 0) is 11.2 Å². The van der Waals surface area contributed by atoms with Crippen molar-refractivity contribution in [3.8, 4) is 0 Å². The van der Waals surface area contributed by atoms with Crippen LogP contribution in [-0.4, -0.2) is 22.6 Å². The first-order valence-electron chi connectivity index (χ1n) is 3.79. The molecule has 0 aliphatic heterocycles. The number of H-pyrrole nitrogens is 1. The highest BCUT2D eigenvalue weighted by Crippen LogP contribution is 2.05. The standard InChI is InChI=1S/C8H12N2O2/c9-5-6(8(11)12)4-7-2-1-3-10-7/h1-3,6,10H,4-5,9H2,(H,11,12). The lowest BCUT2D eigenvalue weighted by Crippen LogP contribution is -2.25. The number of carboxylic acid groups (broad SMARTS) is 1. The zero-order chi connectivity index (χ0) is 8.97. The highest BCUT2D eigenvalue weighted by molar-refractivity contribution is 5.70. The van der Waals surface area contributed by atoms with E-state index in [0.717, 1.165) is 5.69 Å². The van der Waals surface area contributed by atoms with Crippen LogP contribution in [0, 0.1) is 5.92 Å². The van der Waals surface area contributed by atoms with Crippen molar-refractivity contribution in [3.63, 3.8) is 0 Å². The molecule has 0 aliphatic carbocycles. The molecule has 4 N–H and O–H groups in total. The number of hydrogen-bond acceptors (Lipinski definition) is 2. The predicted molar refractivity (Wildman–Crippen MR) is 44.7 cm³/mol. The molecule has 0 radical (unpaired) electrons. The fraction of sp³-hybridized carbons (Fsp3) is 0.375. The molecule has 0 aliphatic rings. The van der Waals surface area contributed by atoms with Gasteiger partial charge in [0.05, 0.1) is 5.92 Å². The lowest BCUT2D eigenvalue weighted by Gasteiger charge is -2.06. The maximum Gasteiger partial charge on any atom is 0.308 e. The number of nitrogens with one attached hydrogen (secondary N) is 1. The van der Waals surface area contributed by atoms with E-state index in [9.17, 15) is 4.79 Å². The summed E-state index contributed by atoms with van der Waals surface area (Å²) in [6.07, 6.45) is 2.24. The van der Waals surface area contributed by atoms with E-state index in [1.807, 2.05) is 12.1 Å². The third-order valence-electron chi connectivity index (χ3n) is 1.76. The molecule has 1 atom stereocenters. The number of aliphatic carboxylic acids is 1. The van der Waals surface area contributed by atoms with Gasteiger partial charge in [-0.15, -0.1) is 0 Å². The summed E-state index contributed by atoms with van der Waals surface area (Å²) in [5.41, 5.74) is 6.21. The minimum Gasteiger partial charge on any atom is -0.481 e. The van der Waals surface area contributed by atoms with Gasteiger partial charge in [-0.1, -0.05) is 0 Å². The second-order valence-corrected chi connectivity index (χ2v) is 2.67. The molecule has 1 aromatic rings. The van der Waals surface area contributed by atoms with Crippen LogP contribution in [0.1, 0.15) is 5.69 Å². The third-order valence-corrected chi connectivity index (χ3v) is 1.76. The number of rotatable bonds is 4. The first kappa shape index (κ1) is 8.80. The minimum atomic E-state index is -0.841. The molecule has 66 valence electrons. The molecule has 1 heterocycles. The summed E-state index contributed by atoms with van der Waals surface area (Å²) < 4.78 is 0. The molecule has 0 amide bonds. The Morgan fingerprint density at radius 2 is 2.50 bits per heavy atom. The van der Waals surface area contributed by atoms with E-state index in [1.165, 1.54) is 0 Å². The Morgan fingerprint density at radius 1 is 1.75 bits per heavy atom. The van der Waals surface area contributed by atoms with Crippen LogP contribution < -0.4 is 5.73 Å². The Hall–Kier alpha value is -1.29. The smallest absolute Gasteiger partial charge is 0.308 e. The van der Waals surface area contributed by atoms with Gasteiger partial charge in [0.1, 0.15) is 0 Å². The van der Waals surface area contributed by atoms with Crippen molar-refractivity contribution in [2.24, 2.45) is 11.7 Å². The summed E-state index contributed by atoms with van der Waals surface area (Å²) in [7, 11) is 0. The van der Waals surface area contributed by atoms with Gasteiger partial charge in [0.2, 0.25) is 0 Å². The molecular weight excluding hydrogens is 156 g/mol. The highest BCUT2D eigenvalue weighted by atomic mass is 16.4. The lowest BCUT2D eigenvalue weighted by molar-refractivity contribution is -0.141. The van der Waals surface area contributed by atoms with Gasteiger partial charge in [0.25, 0.3) is 0 Å². The molecule has 12 heavy (non-hydrogen) atoms. The first-order valence-corrected chi connectivity index (χ1v) is 3.79. The van der Waals surface area contributed by atoms with E-state index in [1.54, 1.807) is 6.20 Å². The van der Waals surface area contributed by atoms with Crippen LogP contribution in [0.2, 0.25) is 0 Å². The topological polar surface area (TPSA) is 79.1 Å². The molecule has 0 bridgehead atoms. The normalized spacial score (nSPS) is 12.8. The van der Waals surface area contributed by atoms with Crippen LogP contribution in [0.4, 0.5) is 0 Å². The zero-order valence-corrected chi connectivity index (χ0v) is 6.66. The van der Waals surface area contributed by atoms with Gasteiger partial charge in [-0.2, -0.15) is 0 Å². The summed E-state index contributed by atoms with van der Waals surface area (Å²) in [6.45, 7) is 0.175. The second-order valence-electron chi connectivity index (χ2n) is 2.67. The van der Waals surface area contributed by atoms with E-state index in [0.29, 0.717) is 6.42 Å². The molecule has 0 fully saturated rings. The molecule has 1 rings (SSSR count). The predicted octanol–water partition coefficient (Wildman–Crippen LogP) is 0.217. The Kier molecular flexibility index (Phi) is 2.88. The van der Waals surface area contributed by atoms with Crippen molar-refractivity contribution >= 4 is 5.97 Å². The third kappa shape index (κ3) is 2.10. The average Bonchev–Trinajstić information content (AvgIpc) is 2.51. The highest BCUT2D eigenvalue weighted by Gasteiger charge is 2.15. The molecule has 4 heteroatoms. The number of carboxylic acids is 1. The number of hydrogen-bond donors (Lipinski definition) is 3. The van der Waals surface area contributed by atoms with Crippen LogP contribution in [0.25, 0.3) is 0 Å². The maximum absolute atomic E-state index is 10.6. The second kappa shape index (κ2) is 3.92. The van der Waals surface area contributed by atoms with E-state index >= 15 is 0 Å². The van der Waals surface area contributed by atoms with Crippen molar-refractivity contribution in [2.45, 2.75) is 6.42 Å². The molecule has 1 unspecified atom stereocenters. The summed E-state index contributed by atoms with van der Waals surface area (Å²) in [4.78, 5) is 13.5. The quantitative estimate of drug-likeness (QED) is 0.601. The van der Waals surface area contributed by atoms with Gasteiger partial charge in [0.15, 0.2) is 0 Å². The van der Waals surface area contributed by atoms with Gasteiger partial charge in [-0.3, -0.25) is 4.79 Å². The summed E-state index contributed by atoms with van der Waals surface area (Å²) in [5, 5.41) is 8.68. The molecule has 0 aromatic carbocycles. The minimum absolute atomic E-state index is 0.175. The first-order chi connectivity index (χ1) is 5.74. The lowest BCUT2D eigenvalue weighted by atomic mass is 10.0. The summed E-state index contributed by atoms with van der Waals surface area (Å²) in [5.74, 6) is -1.32. The Bertz CT molecular complexity index is 244. The molecule has 0 saturated heterocycles. The Morgan fingerprint density at radius 3 is 2.92 bits per heavy atom. The van der Waals surface area contributed by atoms with Crippen molar-refractivity contribution in [1.29, 1.82) is 0 Å². The van der Waals surface area contributed by atoms with Crippen molar-refractivity contribution in [3.05, 3.63) is 24.0 Å². The summed E-state index contributed by atoms with van der Waals surface area (Å²) >= 11 is 0. The Labute approximate surface area is 70.4 Å². The monoisotopic (exact) mass is 168 g/mol. The van der Waals surface area contributed by atoms with Gasteiger partial charge in [0, 0.05) is 24.9 Å². The van der Waals surface area contributed by atoms with Gasteiger partial charge in [-0.05, 0) is 12.1 Å². The SMILES string of the molecule is NCC(Cc1ccc[nH]1)C(=O)O. The molecule has 0 saturated carbocycles. The van der Waals surface area contributed by atoms with Crippen LogP contribution in [0.5, 0.6) is 0 Å². The van der Waals surface area contributed by atoms with Gasteiger partial charge >= 0.3 is 5.97 Å². The molecule has 4 nitrogen and oxygen atoms in total. The van der Waals surface area contributed by atoms with Gasteiger partial charge in [-0.25, -0.2) is 0 Å².